The van der Waals surface area contributed by atoms with E-state index < -0.39 is 17.8 Å². The maximum atomic E-state index is 14.2. The molecule has 4 amide bonds. The van der Waals surface area contributed by atoms with Crippen LogP contribution in [0.25, 0.3) is 6.08 Å². The lowest BCUT2D eigenvalue weighted by atomic mass is 9.76. The number of carbonyl (C=O) groups excluding carboxylic acids is 3. The Hall–Kier alpha value is -5.14. The fraction of sp³-hybridized carbons (Fsp3) is 0.184. The first kappa shape index (κ1) is 29.6. The highest BCUT2D eigenvalue weighted by molar-refractivity contribution is 6.39. The number of nitrogens with one attached hydrogen (secondary N) is 1. The van der Waals surface area contributed by atoms with Gasteiger partial charge in [-0.2, -0.15) is 0 Å². The lowest BCUT2D eigenvalue weighted by Crippen LogP contribution is -2.54. The van der Waals surface area contributed by atoms with Gasteiger partial charge < -0.3 is 9.64 Å². The lowest BCUT2D eigenvalue weighted by molar-refractivity contribution is -0.122. The highest BCUT2D eigenvalue weighted by Crippen LogP contribution is 2.50. The predicted molar refractivity (Wildman–Crippen MR) is 181 cm³/mol. The quantitative estimate of drug-likeness (QED) is 0.131. The van der Waals surface area contributed by atoms with Crippen molar-refractivity contribution in [1.29, 1.82) is 0 Å². The van der Waals surface area contributed by atoms with E-state index in [1.807, 2.05) is 48.5 Å². The zero-order valence-corrected chi connectivity index (χ0v) is 25.9. The van der Waals surface area contributed by atoms with E-state index in [1.54, 1.807) is 24.3 Å². The Balaban J connectivity index is 1.38. The van der Waals surface area contributed by atoms with Crippen molar-refractivity contribution in [3.63, 3.8) is 0 Å². The number of carbonyl (C=O) groups is 3. The summed E-state index contributed by atoms with van der Waals surface area (Å²) < 4.78 is 5.75. The van der Waals surface area contributed by atoms with Gasteiger partial charge in [0.15, 0.2) is 0 Å². The SMILES string of the molecule is C=CCOc1ccc(Cl)cc1/C=C1\C(=O)NC(=O)N(c2cc3c4c(c2)[C@H](c2ccccc2)CCN4CC[C@@H]3c2ccccc2)C1=O. The summed E-state index contributed by atoms with van der Waals surface area (Å²) in [5.41, 5.74) is 6.34. The first-order valence-corrected chi connectivity index (χ1v) is 15.8. The van der Waals surface area contributed by atoms with Gasteiger partial charge in [0.25, 0.3) is 11.8 Å². The fourth-order valence-electron chi connectivity index (χ4n) is 6.93. The number of urea groups is 1. The number of hydrogen-bond acceptors (Lipinski definition) is 5. The van der Waals surface area contributed by atoms with Crippen molar-refractivity contribution in [2.24, 2.45) is 0 Å². The van der Waals surface area contributed by atoms with Crippen molar-refractivity contribution in [2.75, 3.05) is 29.5 Å². The van der Waals surface area contributed by atoms with Gasteiger partial charge in [0.2, 0.25) is 0 Å². The molecule has 1 N–H and O–H groups in total. The number of rotatable bonds is 7. The van der Waals surface area contributed by atoms with E-state index in [-0.39, 0.29) is 24.0 Å². The topological polar surface area (TPSA) is 79.0 Å². The van der Waals surface area contributed by atoms with Crippen LogP contribution in [0.1, 0.15) is 52.5 Å². The summed E-state index contributed by atoms with van der Waals surface area (Å²) in [6, 6.07) is 28.8. The minimum absolute atomic E-state index is 0.0799. The molecule has 46 heavy (non-hydrogen) atoms. The molecule has 7 nitrogen and oxygen atoms in total. The molecule has 0 aromatic heterocycles. The zero-order chi connectivity index (χ0) is 31.8. The standard InChI is InChI=1S/C38H32ClN3O4/c1-2-19-46-34-14-13-27(39)20-26(34)21-33-36(43)40-38(45)42(37(33)44)28-22-31-29(24-9-5-3-6-10-24)15-17-41-18-16-30(32(23-28)35(31)41)25-11-7-4-8-12-25/h2-14,20-23,29-30H,1,15-19H2,(H,40,43,45)/b33-21+/t29-,30+. The number of barbiturate groups is 1. The Morgan fingerprint density at radius 3 is 2.04 bits per heavy atom. The van der Waals surface area contributed by atoms with Crippen molar-refractivity contribution < 1.29 is 19.1 Å². The summed E-state index contributed by atoms with van der Waals surface area (Å²) >= 11 is 6.28. The minimum Gasteiger partial charge on any atom is -0.489 e. The van der Waals surface area contributed by atoms with Crippen molar-refractivity contribution in [3.05, 3.63) is 142 Å². The number of nitrogens with zero attached hydrogens (tertiary/aromatic N) is 2. The van der Waals surface area contributed by atoms with Gasteiger partial charge >= 0.3 is 6.03 Å². The predicted octanol–water partition coefficient (Wildman–Crippen LogP) is 7.45. The van der Waals surface area contributed by atoms with E-state index in [9.17, 15) is 14.4 Å². The number of benzene rings is 4. The maximum absolute atomic E-state index is 14.2. The average molecular weight is 630 g/mol. The van der Waals surface area contributed by atoms with Crippen LogP contribution in [0.5, 0.6) is 5.75 Å². The molecular weight excluding hydrogens is 598 g/mol. The van der Waals surface area contributed by atoms with Crippen LogP contribution in [-0.2, 0) is 9.59 Å². The molecule has 0 radical (unpaired) electrons. The Labute approximate surface area is 272 Å². The summed E-state index contributed by atoms with van der Waals surface area (Å²) in [4.78, 5) is 44.3. The molecule has 3 aliphatic heterocycles. The molecule has 2 atom stereocenters. The molecule has 0 unspecified atom stereocenters. The molecule has 3 heterocycles. The van der Waals surface area contributed by atoms with Crippen molar-refractivity contribution >= 4 is 46.9 Å². The van der Waals surface area contributed by atoms with E-state index in [0.717, 1.165) is 42.0 Å². The molecule has 1 saturated heterocycles. The van der Waals surface area contributed by atoms with Crippen LogP contribution in [0.4, 0.5) is 16.2 Å². The highest BCUT2D eigenvalue weighted by Gasteiger charge is 2.40. The number of ether oxygens (including phenoxy) is 1. The van der Waals surface area contributed by atoms with E-state index in [2.05, 4.69) is 41.1 Å². The first-order valence-electron chi connectivity index (χ1n) is 15.4. The fourth-order valence-corrected chi connectivity index (χ4v) is 7.11. The van der Waals surface area contributed by atoms with Crippen LogP contribution in [0, 0.1) is 0 Å². The van der Waals surface area contributed by atoms with Gasteiger partial charge in [0.05, 0.1) is 5.69 Å². The lowest BCUT2D eigenvalue weighted by Gasteiger charge is -2.44. The summed E-state index contributed by atoms with van der Waals surface area (Å²) in [7, 11) is 0. The monoisotopic (exact) mass is 629 g/mol. The van der Waals surface area contributed by atoms with Gasteiger partial charge in [0.1, 0.15) is 17.9 Å². The Bertz CT molecular complexity index is 1820. The molecule has 0 aliphatic carbocycles. The molecule has 3 aliphatic rings. The molecule has 0 saturated carbocycles. The van der Waals surface area contributed by atoms with Gasteiger partial charge in [-0.15, -0.1) is 0 Å². The first-order chi connectivity index (χ1) is 22.4. The van der Waals surface area contributed by atoms with Gasteiger partial charge in [-0.3, -0.25) is 14.9 Å². The number of imide groups is 2. The van der Waals surface area contributed by atoms with Gasteiger partial charge in [-0.25, -0.2) is 9.69 Å². The van der Waals surface area contributed by atoms with Crippen LogP contribution >= 0.6 is 11.6 Å². The van der Waals surface area contributed by atoms with Crippen LogP contribution in [0.15, 0.2) is 109 Å². The average Bonchev–Trinajstić information content (AvgIpc) is 3.07. The van der Waals surface area contributed by atoms with Crippen molar-refractivity contribution in [3.8, 4) is 5.75 Å². The Kier molecular flexibility index (Phi) is 7.93. The number of anilines is 2. The van der Waals surface area contributed by atoms with Gasteiger partial charge in [0, 0.05) is 41.2 Å². The van der Waals surface area contributed by atoms with Crippen LogP contribution in [-0.4, -0.2) is 37.5 Å². The van der Waals surface area contributed by atoms with Crippen molar-refractivity contribution in [2.45, 2.75) is 24.7 Å². The van der Waals surface area contributed by atoms with Crippen molar-refractivity contribution in [1.82, 2.24) is 5.32 Å². The molecule has 4 aromatic rings. The maximum Gasteiger partial charge on any atom is 0.335 e. The molecule has 0 spiro atoms. The largest absolute Gasteiger partial charge is 0.489 e. The molecule has 4 aromatic carbocycles. The molecule has 7 rings (SSSR count). The third-order valence-corrected chi connectivity index (χ3v) is 9.22. The van der Waals surface area contributed by atoms with Gasteiger partial charge in [-0.05, 0) is 71.5 Å². The number of hydrogen-bond donors (Lipinski definition) is 1. The molecule has 8 heteroatoms. The van der Waals surface area contributed by atoms with E-state index in [0.29, 0.717) is 22.0 Å². The minimum atomic E-state index is -0.787. The third kappa shape index (κ3) is 5.37. The van der Waals surface area contributed by atoms with E-state index in [1.165, 1.54) is 22.9 Å². The second-order valence-corrected chi connectivity index (χ2v) is 12.1. The molecule has 1 fully saturated rings. The van der Waals surface area contributed by atoms with Gasteiger partial charge in [-0.1, -0.05) is 84.9 Å². The Morgan fingerprint density at radius 2 is 1.46 bits per heavy atom. The summed E-state index contributed by atoms with van der Waals surface area (Å²) in [5.74, 6) is -0.912. The Morgan fingerprint density at radius 1 is 0.848 bits per heavy atom. The summed E-state index contributed by atoms with van der Waals surface area (Å²) in [6.45, 7) is 5.75. The van der Waals surface area contributed by atoms with E-state index in [4.69, 9.17) is 16.3 Å². The number of halogens is 1. The molecular formula is C38H32ClN3O4. The third-order valence-electron chi connectivity index (χ3n) is 8.99. The molecule has 230 valence electrons. The van der Waals surface area contributed by atoms with Crippen LogP contribution < -0.4 is 19.9 Å². The normalized spacial score (nSPS) is 19.9. The smallest absolute Gasteiger partial charge is 0.335 e. The molecule has 0 bridgehead atoms. The summed E-state index contributed by atoms with van der Waals surface area (Å²) in [6.07, 6.45) is 4.83. The highest BCUT2D eigenvalue weighted by atomic mass is 35.5. The second-order valence-electron chi connectivity index (χ2n) is 11.7. The summed E-state index contributed by atoms with van der Waals surface area (Å²) in [5, 5.41) is 2.80. The number of amides is 4. The van der Waals surface area contributed by atoms with Crippen LogP contribution in [0.2, 0.25) is 5.02 Å². The zero-order valence-electron chi connectivity index (χ0n) is 25.1. The second kappa shape index (κ2) is 12.3. The van der Waals surface area contributed by atoms with Crippen LogP contribution in [0.3, 0.4) is 0 Å². The van der Waals surface area contributed by atoms with E-state index >= 15 is 0 Å².